The van der Waals surface area contributed by atoms with Gasteiger partial charge in [-0.15, -0.1) is 0 Å². The number of anilines is 2. The van der Waals surface area contributed by atoms with Crippen LogP contribution >= 0.6 is 0 Å². The molecule has 2 amide bonds. The van der Waals surface area contributed by atoms with E-state index in [2.05, 4.69) is 29.4 Å². The molecule has 144 valence electrons. The molecule has 0 saturated carbocycles. The lowest BCUT2D eigenvalue weighted by molar-refractivity contribution is 0.0957. The predicted octanol–water partition coefficient (Wildman–Crippen LogP) is 4.06. The summed E-state index contributed by atoms with van der Waals surface area (Å²) in [6.45, 7) is 6.15. The van der Waals surface area contributed by atoms with E-state index in [1.54, 1.807) is 12.1 Å². The summed E-state index contributed by atoms with van der Waals surface area (Å²) in [6.07, 6.45) is 2.25. The average molecular weight is 371 g/mol. The zero-order valence-electron chi connectivity index (χ0n) is 16.0. The van der Waals surface area contributed by atoms with Crippen LogP contribution in [0.25, 0.3) is 0 Å². The Balaban J connectivity index is 2.11. The number of halogens is 1. The molecular weight excluding hydrogens is 345 g/mol. The Kier molecular flexibility index (Phi) is 7.34. The molecule has 0 fully saturated rings. The molecule has 0 bridgehead atoms. The van der Waals surface area contributed by atoms with E-state index in [-0.39, 0.29) is 11.5 Å². The summed E-state index contributed by atoms with van der Waals surface area (Å²) < 4.78 is 13.7. The number of carbonyl (C=O) groups excluding carboxylic acids is 2. The Morgan fingerprint density at radius 3 is 2.33 bits per heavy atom. The van der Waals surface area contributed by atoms with E-state index >= 15 is 0 Å². The molecule has 0 radical (unpaired) electrons. The molecule has 0 aliphatic carbocycles. The van der Waals surface area contributed by atoms with Gasteiger partial charge in [-0.2, -0.15) is 0 Å². The highest BCUT2D eigenvalue weighted by Gasteiger charge is 2.13. The third-order valence-corrected chi connectivity index (χ3v) is 4.35. The second-order valence-corrected chi connectivity index (χ2v) is 6.21. The lowest BCUT2D eigenvalue weighted by Crippen LogP contribution is -2.23. The maximum absolute atomic E-state index is 13.7. The summed E-state index contributed by atoms with van der Waals surface area (Å²) in [7, 11) is 1.43. The van der Waals surface area contributed by atoms with Crippen LogP contribution in [0, 0.1) is 5.82 Å². The van der Waals surface area contributed by atoms with Gasteiger partial charge in [0.05, 0.1) is 5.56 Å². The number of amides is 2. The quantitative estimate of drug-likeness (QED) is 0.735. The van der Waals surface area contributed by atoms with Crippen molar-refractivity contribution in [3.05, 3.63) is 59.4 Å². The molecule has 6 heteroatoms. The van der Waals surface area contributed by atoms with Gasteiger partial charge in [0, 0.05) is 37.1 Å². The highest BCUT2D eigenvalue weighted by molar-refractivity contribution is 6.05. The molecule has 0 aliphatic heterocycles. The third-order valence-electron chi connectivity index (χ3n) is 4.35. The van der Waals surface area contributed by atoms with Gasteiger partial charge >= 0.3 is 0 Å². The van der Waals surface area contributed by atoms with E-state index in [4.69, 9.17) is 0 Å². The molecule has 27 heavy (non-hydrogen) atoms. The molecule has 0 aromatic heterocycles. The second kappa shape index (κ2) is 9.71. The molecule has 2 rings (SSSR count). The van der Waals surface area contributed by atoms with Gasteiger partial charge in [-0.1, -0.05) is 13.3 Å². The Labute approximate surface area is 159 Å². The van der Waals surface area contributed by atoms with Gasteiger partial charge in [-0.3, -0.25) is 9.59 Å². The van der Waals surface area contributed by atoms with Crippen molar-refractivity contribution in [2.24, 2.45) is 0 Å². The number of benzene rings is 2. The molecule has 2 aromatic carbocycles. The van der Waals surface area contributed by atoms with Crippen molar-refractivity contribution < 1.29 is 14.0 Å². The molecule has 0 heterocycles. The first kappa shape index (κ1) is 20.4. The second-order valence-electron chi connectivity index (χ2n) is 6.21. The van der Waals surface area contributed by atoms with Gasteiger partial charge in [0.1, 0.15) is 5.82 Å². The van der Waals surface area contributed by atoms with Crippen molar-refractivity contribution in [2.45, 2.75) is 26.7 Å². The fourth-order valence-corrected chi connectivity index (χ4v) is 2.76. The smallest absolute Gasteiger partial charge is 0.255 e. The highest BCUT2D eigenvalue weighted by Crippen LogP contribution is 2.19. The van der Waals surface area contributed by atoms with E-state index in [0.29, 0.717) is 11.3 Å². The minimum Gasteiger partial charge on any atom is -0.372 e. The van der Waals surface area contributed by atoms with E-state index in [0.717, 1.165) is 37.7 Å². The number of nitrogens with one attached hydrogen (secondary N) is 2. The Morgan fingerprint density at radius 1 is 1.04 bits per heavy atom. The number of rotatable bonds is 8. The maximum atomic E-state index is 13.7. The molecule has 0 spiro atoms. The molecule has 0 unspecified atom stereocenters. The van der Waals surface area contributed by atoms with Crippen LogP contribution in [0.15, 0.2) is 42.5 Å². The van der Waals surface area contributed by atoms with Crippen molar-refractivity contribution in [1.82, 2.24) is 5.32 Å². The van der Waals surface area contributed by atoms with E-state index in [1.165, 1.54) is 19.2 Å². The number of nitrogens with zero attached hydrogens (tertiary/aromatic N) is 1. The normalized spacial score (nSPS) is 10.4. The standard InChI is InChI=1S/C21H26FN3O2/c1-4-6-13-25(5-2)17-10-7-15(8-11-17)20(26)24-16-9-12-19(22)18(14-16)21(27)23-3/h7-12,14H,4-6,13H2,1-3H3,(H,23,27)(H,24,26). The van der Waals surface area contributed by atoms with Crippen LogP contribution in [0.4, 0.5) is 15.8 Å². The summed E-state index contributed by atoms with van der Waals surface area (Å²) in [5, 5.41) is 5.08. The molecule has 2 aromatic rings. The summed E-state index contributed by atoms with van der Waals surface area (Å²) in [5.41, 5.74) is 1.82. The van der Waals surface area contributed by atoms with Gasteiger partial charge in [0.15, 0.2) is 0 Å². The first-order valence-electron chi connectivity index (χ1n) is 9.18. The van der Waals surface area contributed by atoms with Crippen molar-refractivity contribution in [2.75, 3.05) is 30.4 Å². The van der Waals surface area contributed by atoms with Gasteiger partial charge in [-0.05, 0) is 55.8 Å². The number of carbonyl (C=O) groups is 2. The van der Waals surface area contributed by atoms with Crippen molar-refractivity contribution in [1.29, 1.82) is 0 Å². The third kappa shape index (κ3) is 5.29. The van der Waals surface area contributed by atoms with E-state index in [9.17, 15) is 14.0 Å². The minimum absolute atomic E-state index is 0.111. The molecule has 5 nitrogen and oxygen atoms in total. The van der Waals surface area contributed by atoms with Crippen molar-refractivity contribution >= 4 is 23.2 Å². The van der Waals surface area contributed by atoms with Gasteiger partial charge in [-0.25, -0.2) is 4.39 Å². The fraction of sp³-hybridized carbons (Fsp3) is 0.333. The van der Waals surface area contributed by atoms with E-state index < -0.39 is 11.7 Å². The molecular formula is C21H26FN3O2. The van der Waals surface area contributed by atoms with Gasteiger partial charge in [0.2, 0.25) is 0 Å². The summed E-state index contributed by atoms with van der Waals surface area (Å²) >= 11 is 0. The lowest BCUT2D eigenvalue weighted by atomic mass is 10.1. The Morgan fingerprint density at radius 2 is 1.74 bits per heavy atom. The van der Waals surface area contributed by atoms with Crippen molar-refractivity contribution in [3.63, 3.8) is 0 Å². The van der Waals surface area contributed by atoms with Crippen molar-refractivity contribution in [3.8, 4) is 0 Å². The monoisotopic (exact) mass is 371 g/mol. The number of hydrogen-bond donors (Lipinski definition) is 2. The molecule has 0 atom stereocenters. The van der Waals surface area contributed by atoms with E-state index in [1.807, 2.05) is 12.1 Å². The molecule has 0 saturated heterocycles. The minimum atomic E-state index is -0.636. The Bertz CT molecular complexity index is 791. The van der Waals surface area contributed by atoms with Gasteiger partial charge in [0.25, 0.3) is 11.8 Å². The van der Waals surface area contributed by atoms with Crippen LogP contribution in [0.1, 0.15) is 47.4 Å². The SMILES string of the molecule is CCCCN(CC)c1ccc(C(=O)Nc2ccc(F)c(C(=O)NC)c2)cc1. The van der Waals surface area contributed by atoms with Crippen LogP contribution in [-0.2, 0) is 0 Å². The van der Waals surface area contributed by atoms with Gasteiger partial charge < -0.3 is 15.5 Å². The zero-order chi connectivity index (χ0) is 19.8. The average Bonchev–Trinajstić information content (AvgIpc) is 2.69. The Hall–Kier alpha value is -2.89. The first-order chi connectivity index (χ1) is 13.0. The highest BCUT2D eigenvalue weighted by atomic mass is 19.1. The first-order valence-corrected chi connectivity index (χ1v) is 9.18. The molecule has 2 N–H and O–H groups in total. The maximum Gasteiger partial charge on any atom is 0.255 e. The molecule has 0 aliphatic rings. The summed E-state index contributed by atoms with van der Waals surface area (Å²) in [6, 6.07) is 11.3. The largest absolute Gasteiger partial charge is 0.372 e. The number of hydrogen-bond acceptors (Lipinski definition) is 3. The summed E-state index contributed by atoms with van der Waals surface area (Å²) in [4.78, 5) is 26.4. The fourth-order valence-electron chi connectivity index (χ4n) is 2.76. The topological polar surface area (TPSA) is 61.4 Å². The number of unbranched alkanes of at least 4 members (excludes halogenated alkanes) is 1. The van der Waals surface area contributed by atoms with Crippen LogP contribution in [0.3, 0.4) is 0 Å². The summed E-state index contributed by atoms with van der Waals surface area (Å²) in [5.74, 6) is -1.49. The predicted molar refractivity (Wildman–Crippen MR) is 107 cm³/mol. The van der Waals surface area contributed by atoms with Crippen LogP contribution in [0.2, 0.25) is 0 Å². The zero-order valence-corrected chi connectivity index (χ0v) is 16.0. The van der Waals surface area contributed by atoms with Crippen LogP contribution < -0.4 is 15.5 Å². The van der Waals surface area contributed by atoms with Crippen LogP contribution in [-0.4, -0.2) is 32.0 Å². The lowest BCUT2D eigenvalue weighted by Gasteiger charge is -2.23. The van der Waals surface area contributed by atoms with Crippen LogP contribution in [0.5, 0.6) is 0 Å².